The van der Waals surface area contributed by atoms with E-state index in [9.17, 15) is 0 Å². The van der Waals surface area contributed by atoms with E-state index in [1.165, 1.54) is 5.56 Å². The molecule has 3 heteroatoms. The fraction of sp³-hybridized carbons (Fsp3) is 0.250. The molecule has 0 aliphatic carbocycles. The SMILES string of the molecule is COc1ccc(C[O][PoH])cc1. The molecule has 0 saturated heterocycles. The zero-order chi connectivity index (χ0) is 8.10. The van der Waals surface area contributed by atoms with Gasteiger partial charge in [-0.1, -0.05) is 0 Å². The number of hydrogen-bond donors (Lipinski definition) is 0. The number of ether oxygens (including phenoxy) is 1. The van der Waals surface area contributed by atoms with Crippen molar-refractivity contribution in [3.8, 4) is 5.75 Å². The summed E-state index contributed by atoms with van der Waals surface area (Å²) in [4.78, 5) is 0. The molecule has 0 fully saturated rings. The fourth-order valence-electron chi connectivity index (χ4n) is 0.796. The zero-order valence-electron chi connectivity index (χ0n) is 6.28. The summed E-state index contributed by atoms with van der Waals surface area (Å²) in [5.74, 6) is 0.889. The fourth-order valence-corrected chi connectivity index (χ4v) is 1.38. The second kappa shape index (κ2) is 4.69. The molecule has 0 saturated carbocycles. The van der Waals surface area contributed by atoms with Gasteiger partial charge in [0, 0.05) is 0 Å². The third-order valence-corrected chi connectivity index (χ3v) is 1.89. The molecular formula is C8H10O2Po. The number of benzene rings is 1. The third kappa shape index (κ3) is 2.77. The molecule has 0 aliphatic rings. The molecule has 0 spiro atoms. The van der Waals surface area contributed by atoms with E-state index in [1.807, 2.05) is 24.3 Å². The molecule has 0 aromatic heterocycles. The van der Waals surface area contributed by atoms with E-state index >= 15 is 0 Å². The van der Waals surface area contributed by atoms with Crippen LogP contribution in [0.5, 0.6) is 5.75 Å². The van der Waals surface area contributed by atoms with Crippen LogP contribution in [0.1, 0.15) is 5.56 Å². The molecule has 11 heavy (non-hydrogen) atoms. The molecule has 0 aliphatic heterocycles. The van der Waals surface area contributed by atoms with Crippen LogP contribution in [0, 0.1) is 0 Å². The molecule has 0 unspecified atom stereocenters. The molecule has 2 nitrogen and oxygen atoms in total. The monoisotopic (exact) mass is 347 g/mol. The van der Waals surface area contributed by atoms with Gasteiger partial charge in [-0.2, -0.15) is 0 Å². The van der Waals surface area contributed by atoms with Crippen LogP contribution < -0.4 is 4.74 Å². The normalized spacial score (nSPS) is 9.64. The van der Waals surface area contributed by atoms with Crippen LogP contribution >= 0.6 is 0 Å². The van der Waals surface area contributed by atoms with Gasteiger partial charge in [0.15, 0.2) is 0 Å². The summed E-state index contributed by atoms with van der Waals surface area (Å²) in [5, 5.41) is 0. The van der Waals surface area contributed by atoms with E-state index in [4.69, 9.17) is 7.51 Å². The Hall–Kier alpha value is -0.124. The Morgan fingerprint density at radius 2 is 1.91 bits per heavy atom. The average molecular weight is 347 g/mol. The summed E-state index contributed by atoms with van der Waals surface area (Å²) in [5.41, 5.74) is 1.19. The summed E-state index contributed by atoms with van der Waals surface area (Å²) in [6.45, 7) is 0.706. The van der Waals surface area contributed by atoms with Gasteiger partial charge in [0.25, 0.3) is 0 Å². The molecule has 0 N–H and O–H groups in total. The second-order valence-electron chi connectivity index (χ2n) is 2.12. The molecule has 0 bridgehead atoms. The van der Waals surface area contributed by atoms with Gasteiger partial charge in [-0.15, -0.1) is 0 Å². The average Bonchev–Trinajstić information content (AvgIpc) is 2.07. The predicted molar refractivity (Wildman–Crippen MR) is 44.9 cm³/mol. The van der Waals surface area contributed by atoms with Gasteiger partial charge in [-0.3, -0.25) is 0 Å². The predicted octanol–water partition coefficient (Wildman–Crippen LogP) is 1.03. The van der Waals surface area contributed by atoms with Crippen LogP contribution in [0.2, 0.25) is 0 Å². The van der Waals surface area contributed by atoms with Crippen molar-refractivity contribution in [2.45, 2.75) is 6.61 Å². The van der Waals surface area contributed by atoms with E-state index in [1.54, 1.807) is 7.11 Å². The first-order chi connectivity index (χ1) is 5.36. The second-order valence-corrected chi connectivity index (χ2v) is 3.13. The minimum atomic E-state index is 0.706. The summed E-state index contributed by atoms with van der Waals surface area (Å²) in [6.07, 6.45) is 0. The molecule has 1 aromatic carbocycles. The minimum absolute atomic E-state index is 0.706. The van der Waals surface area contributed by atoms with E-state index in [0.29, 0.717) is 6.61 Å². The standard InChI is InChI=1S/C8H9O2.Po.H/c1-10-8-4-2-7(6-9)3-5-8;;/h2-5H,6H2,1H3;;/q-1;+1;. The van der Waals surface area contributed by atoms with E-state index in [0.717, 1.165) is 31.3 Å². The molecule has 0 radical (unpaired) electrons. The molecule has 1 rings (SSSR count). The summed E-state index contributed by atoms with van der Waals surface area (Å²) < 4.78 is 10.1. The van der Waals surface area contributed by atoms with Gasteiger partial charge >= 0.3 is 82.3 Å². The molecule has 0 heterocycles. The van der Waals surface area contributed by atoms with Gasteiger partial charge in [-0.05, 0) is 0 Å². The van der Waals surface area contributed by atoms with Crippen LogP contribution in [0.3, 0.4) is 0 Å². The Morgan fingerprint density at radius 3 is 2.36 bits per heavy atom. The number of rotatable bonds is 3. The first-order valence-electron chi connectivity index (χ1n) is 3.26. The van der Waals surface area contributed by atoms with E-state index in [-0.39, 0.29) is 0 Å². The number of hydrogen-bond acceptors (Lipinski definition) is 2. The maximum atomic E-state index is 5.07. The van der Waals surface area contributed by atoms with Crippen molar-refractivity contribution in [1.29, 1.82) is 0 Å². The Kier molecular flexibility index (Phi) is 3.83. The molecular weight excluding hydrogens is 337 g/mol. The zero-order valence-corrected chi connectivity index (χ0v) is 9.76. The van der Waals surface area contributed by atoms with Gasteiger partial charge < -0.3 is 0 Å². The first kappa shape index (κ1) is 8.97. The Balaban J connectivity index is 2.66. The summed E-state index contributed by atoms with van der Waals surface area (Å²) in [7, 11) is 1.66. The van der Waals surface area contributed by atoms with Crippen molar-refractivity contribution in [2.75, 3.05) is 7.11 Å². The topological polar surface area (TPSA) is 18.5 Å². The van der Waals surface area contributed by atoms with Gasteiger partial charge in [0.2, 0.25) is 0 Å². The van der Waals surface area contributed by atoms with Crippen molar-refractivity contribution >= 4 is 25.5 Å². The molecule has 0 atom stereocenters. The van der Waals surface area contributed by atoms with Crippen molar-refractivity contribution in [1.82, 2.24) is 0 Å². The summed E-state index contributed by atoms with van der Waals surface area (Å²) in [6, 6.07) is 7.89. The van der Waals surface area contributed by atoms with Crippen molar-refractivity contribution in [3.63, 3.8) is 0 Å². The quantitative estimate of drug-likeness (QED) is 0.813. The van der Waals surface area contributed by atoms with E-state index < -0.39 is 0 Å². The molecule has 1 aromatic rings. The molecule has 0 amide bonds. The van der Waals surface area contributed by atoms with E-state index in [2.05, 4.69) is 0 Å². The van der Waals surface area contributed by atoms with Crippen LogP contribution in [0.4, 0.5) is 0 Å². The van der Waals surface area contributed by atoms with Crippen LogP contribution in [0.15, 0.2) is 24.3 Å². The molecule has 60 valence electrons. The Bertz CT molecular complexity index is 208. The first-order valence-corrected chi connectivity index (χ1v) is 4.68. The van der Waals surface area contributed by atoms with Crippen molar-refractivity contribution < 1.29 is 7.51 Å². The maximum absolute atomic E-state index is 5.07. The van der Waals surface area contributed by atoms with Crippen molar-refractivity contribution in [2.24, 2.45) is 0 Å². The van der Waals surface area contributed by atoms with Crippen LogP contribution in [-0.4, -0.2) is 32.6 Å². The third-order valence-electron chi connectivity index (χ3n) is 1.39. The Labute approximate surface area is 82.3 Å². The van der Waals surface area contributed by atoms with Gasteiger partial charge in [0.05, 0.1) is 0 Å². The van der Waals surface area contributed by atoms with Crippen LogP contribution in [0.25, 0.3) is 0 Å². The summed E-state index contributed by atoms with van der Waals surface area (Å²) >= 11 is 0.970. The Morgan fingerprint density at radius 1 is 1.27 bits per heavy atom. The number of methoxy groups -OCH3 is 1. The van der Waals surface area contributed by atoms with Crippen LogP contribution in [-0.2, 0) is 9.38 Å². The van der Waals surface area contributed by atoms with Gasteiger partial charge in [-0.25, -0.2) is 0 Å². The van der Waals surface area contributed by atoms with Crippen molar-refractivity contribution in [3.05, 3.63) is 29.8 Å². The van der Waals surface area contributed by atoms with Gasteiger partial charge in [0.1, 0.15) is 0 Å².